The maximum Gasteiger partial charge on any atom is 0.251 e. The van der Waals surface area contributed by atoms with Gasteiger partial charge in [0, 0.05) is 31.4 Å². The summed E-state index contributed by atoms with van der Waals surface area (Å²) in [6, 6.07) is 18.7. The van der Waals surface area contributed by atoms with Crippen molar-refractivity contribution in [1.29, 1.82) is 0 Å². The molecule has 0 aliphatic heterocycles. The van der Waals surface area contributed by atoms with Gasteiger partial charge in [0.25, 0.3) is 5.89 Å². The van der Waals surface area contributed by atoms with E-state index in [1.165, 1.54) is 0 Å². The number of hydrogen-bond donors (Lipinski definition) is 1. The predicted molar refractivity (Wildman–Crippen MR) is 113 cm³/mol. The Bertz CT molecular complexity index is 1120. The molecule has 1 amide bonds. The number of rotatable bonds is 7. The average Bonchev–Trinajstić information content (AvgIpc) is 3.44. The van der Waals surface area contributed by atoms with Gasteiger partial charge in [-0.1, -0.05) is 30.3 Å². The minimum Gasteiger partial charge on any atom is -0.496 e. The Kier molecular flexibility index (Phi) is 5.61. The highest BCUT2D eigenvalue weighted by atomic mass is 16.5. The molecule has 0 unspecified atom stereocenters. The van der Waals surface area contributed by atoms with E-state index in [9.17, 15) is 4.79 Å². The second-order valence-corrected chi connectivity index (χ2v) is 6.87. The van der Waals surface area contributed by atoms with E-state index in [4.69, 9.17) is 9.15 Å². The van der Waals surface area contributed by atoms with Crippen LogP contribution >= 0.6 is 0 Å². The number of nitrogens with one attached hydrogen (secondary N) is 1. The Morgan fingerprint density at radius 2 is 1.87 bits per heavy atom. The summed E-state index contributed by atoms with van der Waals surface area (Å²) in [6.45, 7) is 1.72. The number of methoxy groups -OCH3 is 1. The number of carbonyl (C=O) groups excluding carboxylic acids is 1. The number of carbonyl (C=O) groups is 1. The SMILES string of the molecule is COc1ccc(NC(=O)[C@H](Cc2ccccc2)n2cccc2)cc1-c1nnc(C)o1. The molecular formula is C23H22N4O3. The van der Waals surface area contributed by atoms with E-state index in [2.05, 4.69) is 15.5 Å². The molecule has 1 N–H and O–H groups in total. The summed E-state index contributed by atoms with van der Waals surface area (Å²) in [4.78, 5) is 13.2. The van der Waals surface area contributed by atoms with Crippen molar-refractivity contribution in [1.82, 2.24) is 14.8 Å². The van der Waals surface area contributed by atoms with Gasteiger partial charge in [-0.3, -0.25) is 4.79 Å². The molecule has 30 heavy (non-hydrogen) atoms. The van der Waals surface area contributed by atoms with E-state index in [1.807, 2.05) is 59.4 Å². The average molecular weight is 402 g/mol. The van der Waals surface area contributed by atoms with Crippen LogP contribution in [0.5, 0.6) is 5.75 Å². The van der Waals surface area contributed by atoms with E-state index in [0.29, 0.717) is 35.2 Å². The molecule has 7 heteroatoms. The second kappa shape index (κ2) is 8.65. The van der Waals surface area contributed by atoms with Gasteiger partial charge in [-0.05, 0) is 35.9 Å². The predicted octanol–water partition coefficient (Wildman–Crippen LogP) is 4.28. The minimum atomic E-state index is -0.390. The van der Waals surface area contributed by atoms with E-state index < -0.39 is 6.04 Å². The van der Waals surface area contributed by atoms with Gasteiger partial charge in [0.2, 0.25) is 11.8 Å². The number of amides is 1. The molecule has 1 atom stereocenters. The van der Waals surface area contributed by atoms with E-state index in [1.54, 1.807) is 32.2 Å². The third-order valence-electron chi connectivity index (χ3n) is 4.79. The number of anilines is 1. The molecule has 2 aromatic heterocycles. The van der Waals surface area contributed by atoms with Gasteiger partial charge in [0.15, 0.2) is 0 Å². The smallest absolute Gasteiger partial charge is 0.251 e. The zero-order chi connectivity index (χ0) is 20.9. The number of aromatic nitrogens is 3. The molecule has 0 aliphatic carbocycles. The minimum absolute atomic E-state index is 0.118. The fourth-order valence-corrected chi connectivity index (χ4v) is 3.31. The molecule has 0 saturated heterocycles. The molecule has 2 aromatic carbocycles. The van der Waals surface area contributed by atoms with Crippen molar-refractivity contribution in [3.8, 4) is 17.2 Å². The number of hydrogen-bond acceptors (Lipinski definition) is 5. The first kappa shape index (κ1) is 19.4. The number of nitrogens with zero attached hydrogens (tertiary/aromatic N) is 3. The summed E-state index contributed by atoms with van der Waals surface area (Å²) < 4.78 is 12.9. The van der Waals surface area contributed by atoms with Crippen LogP contribution in [0.4, 0.5) is 5.69 Å². The summed E-state index contributed by atoms with van der Waals surface area (Å²) in [5.41, 5.74) is 2.33. The van der Waals surface area contributed by atoms with Crippen LogP contribution in [0, 0.1) is 6.92 Å². The van der Waals surface area contributed by atoms with Gasteiger partial charge < -0.3 is 19.0 Å². The number of benzene rings is 2. The van der Waals surface area contributed by atoms with Crippen molar-refractivity contribution in [2.24, 2.45) is 0 Å². The molecule has 0 saturated carbocycles. The van der Waals surface area contributed by atoms with Crippen LogP contribution in [0.2, 0.25) is 0 Å². The van der Waals surface area contributed by atoms with Gasteiger partial charge in [0.05, 0.1) is 12.7 Å². The first-order chi connectivity index (χ1) is 14.6. The van der Waals surface area contributed by atoms with Crippen LogP contribution in [0.3, 0.4) is 0 Å². The molecule has 152 valence electrons. The third kappa shape index (κ3) is 4.25. The summed E-state index contributed by atoms with van der Waals surface area (Å²) >= 11 is 0. The zero-order valence-corrected chi connectivity index (χ0v) is 16.8. The van der Waals surface area contributed by atoms with Gasteiger partial charge in [-0.2, -0.15) is 0 Å². The van der Waals surface area contributed by atoms with Crippen LogP contribution in [0.1, 0.15) is 17.5 Å². The zero-order valence-electron chi connectivity index (χ0n) is 16.8. The lowest BCUT2D eigenvalue weighted by Crippen LogP contribution is -2.27. The fraction of sp³-hybridized carbons (Fsp3) is 0.174. The number of ether oxygens (including phenoxy) is 1. The quantitative estimate of drug-likeness (QED) is 0.499. The Labute approximate surface area is 174 Å². The molecule has 0 aliphatic rings. The molecule has 7 nitrogen and oxygen atoms in total. The highest BCUT2D eigenvalue weighted by molar-refractivity contribution is 5.94. The van der Waals surface area contributed by atoms with Crippen molar-refractivity contribution in [2.45, 2.75) is 19.4 Å². The molecule has 4 aromatic rings. The fourth-order valence-electron chi connectivity index (χ4n) is 3.31. The Balaban J connectivity index is 1.61. The highest BCUT2D eigenvalue weighted by Gasteiger charge is 2.21. The van der Waals surface area contributed by atoms with Crippen molar-refractivity contribution < 1.29 is 13.9 Å². The first-order valence-electron chi connectivity index (χ1n) is 9.60. The van der Waals surface area contributed by atoms with Crippen molar-refractivity contribution >= 4 is 11.6 Å². The van der Waals surface area contributed by atoms with Crippen LogP contribution in [-0.4, -0.2) is 27.8 Å². The molecule has 0 fully saturated rings. The molecule has 0 spiro atoms. The largest absolute Gasteiger partial charge is 0.496 e. The van der Waals surface area contributed by atoms with Gasteiger partial charge in [0.1, 0.15) is 11.8 Å². The molecule has 2 heterocycles. The van der Waals surface area contributed by atoms with Crippen LogP contribution in [0.25, 0.3) is 11.5 Å². The standard InChI is InChI=1S/C23H22N4O3/c1-16-25-26-23(30-16)19-15-18(10-11-21(19)29-2)24-22(28)20(27-12-6-7-13-27)14-17-8-4-3-5-9-17/h3-13,15,20H,14H2,1-2H3,(H,24,28)/t20-/m0/s1. The van der Waals surface area contributed by atoms with Gasteiger partial charge in [-0.25, -0.2) is 0 Å². The lowest BCUT2D eigenvalue weighted by Gasteiger charge is -2.19. The summed E-state index contributed by atoms with van der Waals surface area (Å²) in [6.07, 6.45) is 4.37. The Morgan fingerprint density at radius 1 is 1.10 bits per heavy atom. The lowest BCUT2D eigenvalue weighted by atomic mass is 10.0. The summed E-state index contributed by atoms with van der Waals surface area (Å²) in [7, 11) is 1.57. The first-order valence-corrected chi connectivity index (χ1v) is 9.60. The third-order valence-corrected chi connectivity index (χ3v) is 4.79. The van der Waals surface area contributed by atoms with Gasteiger partial charge >= 0.3 is 0 Å². The monoisotopic (exact) mass is 402 g/mol. The number of aryl methyl sites for hydroxylation is 1. The van der Waals surface area contributed by atoms with Crippen molar-refractivity contribution in [3.63, 3.8) is 0 Å². The van der Waals surface area contributed by atoms with Crippen molar-refractivity contribution in [3.05, 3.63) is 84.5 Å². The maximum absolute atomic E-state index is 13.2. The van der Waals surface area contributed by atoms with Gasteiger partial charge in [-0.15, -0.1) is 10.2 Å². The van der Waals surface area contributed by atoms with Crippen LogP contribution in [0.15, 0.2) is 77.5 Å². The van der Waals surface area contributed by atoms with E-state index in [0.717, 1.165) is 5.56 Å². The highest BCUT2D eigenvalue weighted by Crippen LogP contribution is 2.32. The Hall–Kier alpha value is -3.87. The molecule has 4 rings (SSSR count). The van der Waals surface area contributed by atoms with Crippen LogP contribution < -0.4 is 10.1 Å². The maximum atomic E-state index is 13.2. The molecule has 0 bridgehead atoms. The normalized spacial score (nSPS) is 11.8. The molecule has 0 radical (unpaired) electrons. The molecular weight excluding hydrogens is 380 g/mol. The summed E-state index contributed by atoms with van der Waals surface area (Å²) in [5.74, 6) is 1.26. The van der Waals surface area contributed by atoms with Crippen molar-refractivity contribution in [2.75, 3.05) is 12.4 Å². The van der Waals surface area contributed by atoms with E-state index >= 15 is 0 Å². The topological polar surface area (TPSA) is 82.2 Å². The lowest BCUT2D eigenvalue weighted by molar-refractivity contribution is -0.119. The van der Waals surface area contributed by atoms with E-state index in [-0.39, 0.29) is 5.91 Å². The summed E-state index contributed by atoms with van der Waals surface area (Å²) in [5, 5.41) is 11.0. The Morgan fingerprint density at radius 3 is 2.53 bits per heavy atom. The van der Waals surface area contributed by atoms with Crippen LogP contribution in [-0.2, 0) is 11.2 Å². The second-order valence-electron chi connectivity index (χ2n) is 6.87.